The van der Waals surface area contributed by atoms with Crippen LogP contribution in [0.5, 0.6) is 0 Å². The molecule has 3 rings (SSSR count). The first-order valence-corrected chi connectivity index (χ1v) is 9.10. The minimum Gasteiger partial charge on any atom is -0.324 e. The van der Waals surface area contributed by atoms with Crippen LogP contribution in [0.3, 0.4) is 0 Å². The summed E-state index contributed by atoms with van der Waals surface area (Å²) in [6, 6.07) is 14.4. The van der Waals surface area contributed by atoms with E-state index in [1.165, 1.54) is 6.26 Å². The van der Waals surface area contributed by atoms with Crippen LogP contribution in [0.1, 0.15) is 5.56 Å². The predicted molar refractivity (Wildman–Crippen MR) is 89.8 cm³/mol. The summed E-state index contributed by atoms with van der Waals surface area (Å²) in [5.41, 5.74) is 1.88. The van der Waals surface area contributed by atoms with E-state index in [9.17, 15) is 8.42 Å². The largest absolute Gasteiger partial charge is 0.324 e. The van der Waals surface area contributed by atoms with E-state index in [4.69, 9.17) is 11.6 Å². The molecule has 0 spiro atoms. The molecule has 0 aliphatic carbocycles. The summed E-state index contributed by atoms with van der Waals surface area (Å²) in [6.45, 7) is 1.47. The van der Waals surface area contributed by atoms with Gasteiger partial charge < -0.3 is 4.90 Å². The Morgan fingerprint density at radius 2 is 1.86 bits per heavy atom. The lowest BCUT2D eigenvalue weighted by atomic mass is 10.2. The van der Waals surface area contributed by atoms with E-state index >= 15 is 0 Å². The number of halogens is 1. The summed E-state index contributed by atoms with van der Waals surface area (Å²) < 4.78 is 23.1. The summed E-state index contributed by atoms with van der Waals surface area (Å²) in [4.78, 5) is 6.93. The molecule has 4 nitrogen and oxygen atoms in total. The Bertz CT molecular complexity index is 829. The van der Waals surface area contributed by atoms with Crippen LogP contribution in [0.2, 0.25) is 5.02 Å². The van der Waals surface area contributed by atoms with Crippen LogP contribution < -0.4 is 4.90 Å². The molecule has 22 heavy (non-hydrogen) atoms. The number of benzene rings is 2. The van der Waals surface area contributed by atoms with Crippen LogP contribution in [-0.2, 0) is 9.84 Å². The number of amidine groups is 1. The Balaban J connectivity index is 1.93. The van der Waals surface area contributed by atoms with Crippen LogP contribution in [0, 0.1) is 0 Å². The number of rotatable bonds is 3. The molecule has 0 aromatic heterocycles. The van der Waals surface area contributed by atoms with E-state index in [1.807, 2.05) is 36.4 Å². The maximum Gasteiger partial charge on any atom is 0.175 e. The van der Waals surface area contributed by atoms with E-state index < -0.39 is 9.84 Å². The van der Waals surface area contributed by atoms with Gasteiger partial charge in [0, 0.05) is 29.1 Å². The standard InChI is InChI=1S/C16H15ClN2O2S/c1-22(20,21)15-7-5-14(6-8-15)19-10-9-18-16(19)12-3-2-4-13(17)11-12/h2-8,11H,9-10H2,1H3. The summed E-state index contributed by atoms with van der Waals surface area (Å²) >= 11 is 6.05. The molecule has 6 heteroatoms. The highest BCUT2D eigenvalue weighted by molar-refractivity contribution is 7.90. The number of anilines is 1. The molecule has 0 saturated carbocycles. The Morgan fingerprint density at radius 1 is 1.14 bits per heavy atom. The zero-order valence-corrected chi connectivity index (χ0v) is 13.6. The highest BCUT2D eigenvalue weighted by Gasteiger charge is 2.20. The molecule has 1 aliphatic heterocycles. The van der Waals surface area contributed by atoms with Gasteiger partial charge in [0.05, 0.1) is 11.4 Å². The average Bonchev–Trinajstić information content (AvgIpc) is 2.96. The number of sulfone groups is 1. The molecular weight excluding hydrogens is 320 g/mol. The average molecular weight is 335 g/mol. The molecule has 0 N–H and O–H groups in total. The fourth-order valence-electron chi connectivity index (χ4n) is 2.45. The van der Waals surface area contributed by atoms with Crippen molar-refractivity contribution in [2.75, 3.05) is 24.2 Å². The summed E-state index contributed by atoms with van der Waals surface area (Å²) in [5.74, 6) is 0.856. The van der Waals surface area contributed by atoms with Crippen LogP contribution in [-0.4, -0.2) is 33.6 Å². The van der Waals surface area contributed by atoms with Crippen molar-refractivity contribution >= 4 is 33.0 Å². The second kappa shape index (κ2) is 5.74. The van der Waals surface area contributed by atoms with Gasteiger partial charge in [-0.05, 0) is 36.4 Å². The summed E-state index contributed by atoms with van der Waals surface area (Å²) in [5, 5.41) is 0.666. The fourth-order valence-corrected chi connectivity index (χ4v) is 3.27. The Morgan fingerprint density at radius 3 is 2.50 bits per heavy atom. The van der Waals surface area contributed by atoms with Gasteiger partial charge in [0.25, 0.3) is 0 Å². The highest BCUT2D eigenvalue weighted by atomic mass is 35.5. The first-order valence-electron chi connectivity index (χ1n) is 6.83. The maximum atomic E-state index is 11.5. The van der Waals surface area contributed by atoms with Crippen molar-refractivity contribution in [1.82, 2.24) is 0 Å². The van der Waals surface area contributed by atoms with E-state index in [0.29, 0.717) is 16.5 Å². The third-order valence-corrected chi connectivity index (χ3v) is 4.86. The molecule has 0 unspecified atom stereocenters. The van der Waals surface area contributed by atoms with E-state index in [-0.39, 0.29) is 0 Å². The molecule has 114 valence electrons. The lowest BCUT2D eigenvalue weighted by Gasteiger charge is -2.21. The molecule has 0 bridgehead atoms. The zero-order chi connectivity index (χ0) is 15.7. The van der Waals surface area contributed by atoms with Crippen LogP contribution in [0.15, 0.2) is 58.4 Å². The molecule has 2 aromatic carbocycles. The van der Waals surface area contributed by atoms with Gasteiger partial charge in [-0.15, -0.1) is 0 Å². The molecule has 1 heterocycles. The summed E-state index contributed by atoms with van der Waals surface area (Å²) in [6.07, 6.45) is 1.21. The third kappa shape index (κ3) is 3.00. The van der Waals surface area contributed by atoms with Crippen molar-refractivity contribution in [3.8, 4) is 0 Å². The summed E-state index contributed by atoms with van der Waals surface area (Å²) in [7, 11) is -3.18. The number of hydrogen-bond donors (Lipinski definition) is 0. The maximum absolute atomic E-state index is 11.5. The third-order valence-electron chi connectivity index (χ3n) is 3.50. The number of nitrogens with zero attached hydrogens (tertiary/aromatic N) is 2. The van der Waals surface area contributed by atoms with Gasteiger partial charge in [0.15, 0.2) is 9.84 Å². The van der Waals surface area contributed by atoms with Gasteiger partial charge in [0.2, 0.25) is 0 Å². The second-order valence-corrected chi connectivity index (χ2v) is 7.59. The Labute approximate surface area is 135 Å². The van der Waals surface area contributed by atoms with E-state index in [2.05, 4.69) is 9.89 Å². The van der Waals surface area contributed by atoms with Crippen LogP contribution in [0.4, 0.5) is 5.69 Å². The molecule has 0 atom stereocenters. The van der Waals surface area contributed by atoms with Crippen molar-refractivity contribution in [2.24, 2.45) is 4.99 Å². The molecular formula is C16H15ClN2O2S. The van der Waals surface area contributed by atoms with Crippen molar-refractivity contribution < 1.29 is 8.42 Å². The van der Waals surface area contributed by atoms with Gasteiger partial charge in [0.1, 0.15) is 5.84 Å². The van der Waals surface area contributed by atoms with Crippen molar-refractivity contribution in [3.63, 3.8) is 0 Å². The van der Waals surface area contributed by atoms with Gasteiger partial charge in [-0.25, -0.2) is 8.42 Å². The first-order chi connectivity index (χ1) is 10.4. The number of hydrogen-bond acceptors (Lipinski definition) is 4. The predicted octanol–water partition coefficient (Wildman–Crippen LogP) is 3.01. The van der Waals surface area contributed by atoms with Crippen molar-refractivity contribution in [1.29, 1.82) is 0 Å². The Kier molecular flexibility index (Phi) is 3.93. The SMILES string of the molecule is CS(=O)(=O)c1ccc(N2CCN=C2c2cccc(Cl)c2)cc1. The van der Waals surface area contributed by atoms with E-state index in [1.54, 1.807) is 12.1 Å². The molecule has 0 amide bonds. The second-order valence-electron chi connectivity index (χ2n) is 5.13. The van der Waals surface area contributed by atoms with E-state index in [0.717, 1.165) is 23.6 Å². The topological polar surface area (TPSA) is 49.7 Å². The first kappa shape index (κ1) is 15.1. The van der Waals surface area contributed by atoms with Crippen LogP contribution >= 0.6 is 11.6 Å². The van der Waals surface area contributed by atoms with Gasteiger partial charge in [-0.2, -0.15) is 0 Å². The molecule has 0 radical (unpaired) electrons. The lowest BCUT2D eigenvalue weighted by Crippen LogP contribution is -2.28. The van der Waals surface area contributed by atoms with Crippen LogP contribution in [0.25, 0.3) is 0 Å². The van der Waals surface area contributed by atoms with Gasteiger partial charge in [-0.1, -0.05) is 23.7 Å². The minimum atomic E-state index is -3.18. The fraction of sp³-hybridized carbons (Fsp3) is 0.188. The van der Waals surface area contributed by atoms with Gasteiger partial charge >= 0.3 is 0 Å². The smallest absolute Gasteiger partial charge is 0.175 e. The van der Waals surface area contributed by atoms with Gasteiger partial charge in [-0.3, -0.25) is 4.99 Å². The molecule has 1 aliphatic rings. The lowest BCUT2D eigenvalue weighted by molar-refractivity contribution is 0.602. The quantitative estimate of drug-likeness (QED) is 0.867. The Hall–Kier alpha value is -1.85. The van der Waals surface area contributed by atoms with Crippen molar-refractivity contribution in [2.45, 2.75) is 4.90 Å². The molecule has 0 saturated heterocycles. The minimum absolute atomic E-state index is 0.316. The monoisotopic (exact) mass is 334 g/mol. The normalized spacial score (nSPS) is 15.0. The highest BCUT2D eigenvalue weighted by Crippen LogP contribution is 2.24. The molecule has 0 fully saturated rings. The zero-order valence-electron chi connectivity index (χ0n) is 12.0. The van der Waals surface area contributed by atoms with Crippen molar-refractivity contribution in [3.05, 3.63) is 59.1 Å². The number of aliphatic imine (C=N–C) groups is 1. The molecule has 2 aromatic rings.